The first-order valence-electron chi connectivity index (χ1n) is 8.42. The van der Waals surface area contributed by atoms with Gasteiger partial charge < -0.3 is 10.1 Å². The number of nitrogens with one attached hydrogen (secondary N) is 1. The molecule has 8 heteroatoms. The molecule has 0 aromatic heterocycles. The first kappa shape index (κ1) is 20.0. The summed E-state index contributed by atoms with van der Waals surface area (Å²) in [4.78, 5) is 26.4. The van der Waals surface area contributed by atoms with E-state index in [0.29, 0.717) is 26.2 Å². The van der Waals surface area contributed by atoms with E-state index in [-0.39, 0.29) is 24.8 Å². The van der Waals surface area contributed by atoms with Crippen LogP contribution in [0.2, 0.25) is 0 Å². The molecule has 2 amide bonds. The third-order valence-corrected chi connectivity index (χ3v) is 5.38. The Morgan fingerprint density at radius 3 is 2.64 bits per heavy atom. The maximum atomic E-state index is 13.8. The highest BCUT2D eigenvalue weighted by atomic mass is 32.2. The van der Waals surface area contributed by atoms with Gasteiger partial charge in [0.15, 0.2) is 0 Å². The van der Waals surface area contributed by atoms with Crippen molar-refractivity contribution >= 4 is 51.9 Å². The number of thiocarbonyl (C=S) groups is 1. The van der Waals surface area contributed by atoms with Crippen molar-refractivity contribution in [2.45, 2.75) is 6.42 Å². The number of methoxy groups -OCH3 is 1. The second-order valence-corrected chi connectivity index (χ2v) is 7.56. The van der Waals surface area contributed by atoms with Crippen LogP contribution in [0.1, 0.15) is 12.0 Å². The van der Waals surface area contributed by atoms with Crippen molar-refractivity contribution in [3.05, 3.63) is 64.8 Å². The number of amides is 2. The van der Waals surface area contributed by atoms with E-state index in [1.165, 1.54) is 17.0 Å². The Bertz CT molecular complexity index is 945. The summed E-state index contributed by atoms with van der Waals surface area (Å²) in [5.74, 6) is -0.281. The number of nitrogens with zero attached hydrogens (tertiary/aromatic N) is 1. The molecule has 1 saturated heterocycles. The van der Waals surface area contributed by atoms with Gasteiger partial charge in [-0.2, -0.15) is 0 Å². The van der Waals surface area contributed by atoms with E-state index in [0.717, 1.165) is 11.8 Å². The van der Waals surface area contributed by atoms with Gasteiger partial charge in [-0.05, 0) is 36.4 Å². The lowest BCUT2D eigenvalue weighted by molar-refractivity contribution is -0.122. The van der Waals surface area contributed by atoms with Crippen molar-refractivity contribution in [1.29, 1.82) is 0 Å². The molecule has 28 heavy (non-hydrogen) atoms. The van der Waals surface area contributed by atoms with Crippen LogP contribution in [-0.2, 0) is 9.59 Å². The number of ether oxygens (including phenoxy) is 1. The van der Waals surface area contributed by atoms with E-state index in [1.54, 1.807) is 49.6 Å². The number of hydrogen-bond acceptors (Lipinski definition) is 5. The van der Waals surface area contributed by atoms with Gasteiger partial charge in [-0.1, -0.05) is 42.2 Å². The molecular formula is C20H17FN2O3S2. The fraction of sp³-hybridized carbons (Fsp3) is 0.150. The van der Waals surface area contributed by atoms with Gasteiger partial charge >= 0.3 is 0 Å². The van der Waals surface area contributed by atoms with E-state index in [2.05, 4.69) is 5.32 Å². The molecule has 0 aliphatic carbocycles. The first-order valence-corrected chi connectivity index (χ1v) is 9.64. The molecule has 1 fully saturated rings. The molecule has 0 atom stereocenters. The number of hydrogen-bond donors (Lipinski definition) is 1. The largest absolute Gasteiger partial charge is 0.497 e. The third-order valence-electron chi connectivity index (χ3n) is 4.00. The molecular weight excluding hydrogens is 399 g/mol. The molecule has 1 aliphatic heterocycles. The van der Waals surface area contributed by atoms with Crippen molar-refractivity contribution in [2.75, 3.05) is 19.0 Å². The summed E-state index contributed by atoms with van der Waals surface area (Å²) in [6.07, 6.45) is 1.57. The Balaban J connectivity index is 1.59. The standard InChI is InChI=1S/C20H17FN2O3S2/c1-26-15-8-6-14(7-9-15)22-18(24)10-11-23-19(25)17(28-20(23)27)12-13-4-2-3-5-16(13)21/h2-9,12H,10-11H2,1H3,(H,22,24). The van der Waals surface area contributed by atoms with E-state index < -0.39 is 5.82 Å². The van der Waals surface area contributed by atoms with Crippen molar-refractivity contribution in [1.82, 2.24) is 4.90 Å². The normalized spacial score (nSPS) is 15.2. The molecule has 0 bridgehead atoms. The minimum Gasteiger partial charge on any atom is -0.497 e. The van der Waals surface area contributed by atoms with Gasteiger partial charge in [-0.25, -0.2) is 4.39 Å². The van der Waals surface area contributed by atoms with Crippen LogP contribution in [0.3, 0.4) is 0 Å². The van der Waals surface area contributed by atoms with Crippen LogP contribution >= 0.6 is 24.0 Å². The molecule has 5 nitrogen and oxygen atoms in total. The predicted molar refractivity (Wildman–Crippen MR) is 113 cm³/mol. The quantitative estimate of drug-likeness (QED) is 0.568. The molecule has 2 aromatic rings. The summed E-state index contributed by atoms with van der Waals surface area (Å²) in [6, 6.07) is 13.1. The lowest BCUT2D eigenvalue weighted by atomic mass is 10.2. The summed E-state index contributed by atoms with van der Waals surface area (Å²) in [5.41, 5.74) is 0.955. The van der Waals surface area contributed by atoms with Crippen LogP contribution in [0.5, 0.6) is 5.75 Å². The van der Waals surface area contributed by atoms with E-state index in [1.807, 2.05) is 0 Å². The second-order valence-electron chi connectivity index (χ2n) is 5.88. The Labute approximate surface area is 171 Å². The lowest BCUT2D eigenvalue weighted by Gasteiger charge is -2.14. The van der Waals surface area contributed by atoms with Crippen LogP contribution in [0, 0.1) is 5.82 Å². The highest BCUT2D eigenvalue weighted by molar-refractivity contribution is 8.26. The molecule has 0 radical (unpaired) electrons. The van der Waals surface area contributed by atoms with Crippen LogP contribution in [0.15, 0.2) is 53.4 Å². The number of halogens is 1. The maximum absolute atomic E-state index is 13.8. The Morgan fingerprint density at radius 1 is 1.25 bits per heavy atom. The lowest BCUT2D eigenvalue weighted by Crippen LogP contribution is -2.31. The predicted octanol–water partition coefficient (Wildman–Crippen LogP) is 4.06. The zero-order valence-corrected chi connectivity index (χ0v) is 16.6. The van der Waals surface area contributed by atoms with Crippen molar-refractivity contribution in [2.24, 2.45) is 0 Å². The van der Waals surface area contributed by atoms with Crippen LogP contribution in [-0.4, -0.2) is 34.7 Å². The van der Waals surface area contributed by atoms with Gasteiger partial charge in [0.05, 0.1) is 12.0 Å². The smallest absolute Gasteiger partial charge is 0.266 e. The highest BCUT2D eigenvalue weighted by Gasteiger charge is 2.32. The fourth-order valence-corrected chi connectivity index (χ4v) is 3.84. The number of anilines is 1. The van der Waals surface area contributed by atoms with E-state index in [4.69, 9.17) is 17.0 Å². The van der Waals surface area contributed by atoms with Crippen LogP contribution in [0.25, 0.3) is 6.08 Å². The highest BCUT2D eigenvalue weighted by Crippen LogP contribution is 2.33. The summed E-state index contributed by atoms with van der Waals surface area (Å²) < 4.78 is 19.2. The van der Waals surface area contributed by atoms with Crippen LogP contribution < -0.4 is 10.1 Å². The summed E-state index contributed by atoms with van der Waals surface area (Å²) in [6.45, 7) is 0.154. The fourth-order valence-electron chi connectivity index (χ4n) is 2.54. The van der Waals surface area contributed by atoms with Crippen molar-refractivity contribution < 1.29 is 18.7 Å². The minimum atomic E-state index is -0.411. The van der Waals surface area contributed by atoms with Gasteiger partial charge in [0, 0.05) is 24.2 Å². The maximum Gasteiger partial charge on any atom is 0.266 e. The van der Waals surface area contributed by atoms with Gasteiger partial charge in [0.2, 0.25) is 5.91 Å². The molecule has 1 aliphatic rings. The molecule has 1 N–H and O–H groups in total. The zero-order valence-electron chi connectivity index (χ0n) is 15.0. The monoisotopic (exact) mass is 416 g/mol. The number of carbonyl (C=O) groups is 2. The van der Waals surface area contributed by atoms with Crippen LogP contribution in [0.4, 0.5) is 10.1 Å². The molecule has 0 saturated carbocycles. The molecule has 0 unspecified atom stereocenters. The number of benzene rings is 2. The second kappa shape index (κ2) is 8.99. The zero-order chi connectivity index (χ0) is 20.1. The minimum absolute atomic E-state index is 0.0887. The average molecular weight is 416 g/mol. The van der Waals surface area contributed by atoms with Crippen molar-refractivity contribution in [3.8, 4) is 5.75 Å². The summed E-state index contributed by atoms with van der Waals surface area (Å²) in [7, 11) is 1.57. The van der Waals surface area contributed by atoms with E-state index in [9.17, 15) is 14.0 Å². The average Bonchev–Trinajstić information content (AvgIpc) is 2.95. The SMILES string of the molecule is COc1ccc(NC(=O)CCN2C(=O)C(=Cc3ccccc3F)SC2=S)cc1. The summed E-state index contributed by atoms with van der Waals surface area (Å²) >= 11 is 6.34. The Kier molecular flexibility index (Phi) is 6.43. The molecule has 3 rings (SSSR count). The van der Waals surface area contributed by atoms with E-state index >= 15 is 0 Å². The van der Waals surface area contributed by atoms with Gasteiger partial charge in [-0.3, -0.25) is 14.5 Å². The number of rotatable bonds is 6. The number of carbonyl (C=O) groups excluding carboxylic acids is 2. The molecule has 0 spiro atoms. The number of thioether (sulfide) groups is 1. The third kappa shape index (κ3) is 4.76. The Morgan fingerprint density at radius 2 is 1.96 bits per heavy atom. The molecule has 1 heterocycles. The molecule has 2 aromatic carbocycles. The first-order chi connectivity index (χ1) is 13.5. The van der Waals surface area contributed by atoms with Gasteiger partial charge in [0.25, 0.3) is 5.91 Å². The van der Waals surface area contributed by atoms with Gasteiger partial charge in [-0.15, -0.1) is 0 Å². The van der Waals surface area contributed by atoms with Gasteiger partial charge in [0.1, 0.15) is 15.9 Å². The Hall–Kier alpha value is -2.71. The summed E-state index contributed by atoms with van der Waals surface area (Å²) in [5, 5.41) is 2.76. The van der Waals surface area contributed by atoms with Crippen molar-refractivity contribution in [3.63, 3.8) is 0 Å². The molecule has 144 valence electrons. The topological polar surface area (TPSA) is 58.6 Å².